The van der Waals surface area contributed by atoms with Crippen molar-refractivity contribution in [1.29, 1.82) is 0 Å². The number of likely N-dealkylation sites (N-methyl/N-ethyl adjacent to an activating group) is 2. The Balaban J connectivity index is 1.47. The molecule has 4 aromatic rings. The lowest BCUT2D eigenvalue weighted by atomic mass is 9.75. The van der Waals surface area contributed by atoms with Crippen LogP contribution in [-0.2, 0) is 0 Å². The van der Waals surface area contributed by atoms with Crippen molar-refractivity contribution in [3.05, 3.63) is 53.3 Å². The van der Waals surface area contributed by atoms with Crippen LogP contribution >= 0.6 is 11.6 Å². The zero-order chi connectivity index (χ0) is 28.0. The summed E-state index contributed by atoms with van der Waals surface area (Å²) < 4.78 is 22.7. The zero-order valence-electron chi connectivity index (χ0n) is 23.2. The van der Waals surface area contributed by atoms with Gasteiger partial charge < -0.3 is 25.0 Å². The largest absolute Gasteiger partial charge is 0.508 e. The normalized spacial score (nSPS) is 18.9. The molecule has 2 N–H and O–H groups in total. The highest BCUT2D eigenvalue weighted by molar-refractivity contribution is 6.35. The number of nitrogens with one attached hydrogen (secondary N) is 1. The molecule has 2 fully saturated rings. The second-order valence-corrected chi connectivity index (χ2v) is 11.8. The molecule has 1 saturated heterocycles. The lowest BCUT2D eigenvalue weighted by molar-refractivity contribution is 0.0738. The Labute approximate surface area is 238 Å². The van der Waals surface area contributed by atoms with Crippen molar-refractivity contribution in [1.82, 2.24) is 19.8 Å². The van der Waals surface area contributed by atoms with E-state index in [1.165, 1.54) is 6.42 Å². The van der Waals surface area contributed by atoms with Crippen molar-refractivity contribution < 1.29 is 14.2 Å². The number of aromatic nitrogens is 2. The average Bonchev–Trinajstić information content (AvgIpc) is 3.31. The number of benzene rings is 3. The highest BCUT2D eigenvalue weighted by Crippen LogP contribution is 2.42. The number of halogens is 2. The van der Waals surface area contributed by atoms with E-state index in [9.17, 15) is 5.11 Å². The number of hydrogen-bond acceptors (Lipinski definition) is 7. The quantitative estimate of drug-likeness (QED) is 0.260. The molecule has 1 aliphatic heterocycles. The lowest BCUT2D eigenvalue weighted by Crippen LogP contribution is -2.54. The second kappa shape index (κ2) is 10.7. The van der Waals surface area contributed by atoms with Crippen LogP contribution < -0.4 is 10.1 Å². The number of rotatable bonds is 8. The smallest absolute Gasteiger partial charge is 0.319 e. The van der Waals surface area contributed by atoms with E-state index >= 15 is 4.39 Å². The minimum absolute atomic E-state index is 0.0214. The van der Waals surface area contributed by atoms with E-state index in [1.807, 2.05) is 24.3 Å². The number of nitrogens with zero attached hydrogens (tertiary/aromatic N) is 4. The molecule has 9 heteroatoms. The molecule has 0 amide bonds. The summed E-state index contributed by atoms with van der Waals surface area (Å²) in [6, 6.07) is 12.9. The van der Waals surface area contributed by atoms with Crippen molar-refractivity contribution >= 4 is 39.1 Å². The second-order valence-electron chi connectivity index (χ2n) is 11.4. The van der Waals surface area contributed by atoms with Crippen LogP contribution in [0.3, 0.4) is 0 Å². The van der Waals surface area contributed by atoms with Gasteiger partial charge >= 0.3 is 6.01 Å². The van der Waals surface area contributed by atoms with Crippen LogP contribution in [0.1, 0.15) is 32.1 Å². The first-order valence-electron chi connectivity index (χ1n) is 13.9. The molecule has 1 atom stereocenters. The van der Waals surface area contributed by atoms with Gasteiger partial charge in [-0.1, -0.05) is 35.9 Å². The van der Waals surface area contributed by atoms with E-state index < -0.39 is 5.82 Å². The van der Waals surface area contributed by atoms with Gasteiger partial charge in [0.05, 0.1) is 5.02 Å². The summed E-state index contributed by atoms with van der Waals surface area (Å²) >= 11 is 6.80. The van der Waals surface area contributed by atoms with E-state index in [0.29, 0.717) is 29.9 Å². The summed E-state index contributed by atoms with van der Waals surface area (Å²) in [5.41, 5.74) is 0.847. The third-order valence-corrected chi connectivity index (χ3v) is 9.17. The third kappa shape index (κ3) is 4.82. The molecule has 3 aromatic carbocycles. The third-order valence-electron chi connectivity index (χ3n) is 8.87. The molecule has 1 saturated carbocycles. The first kappa shape index (κ1) is 27.0. The summed E-state index contributed by atoms with van der Waals surface area (Å²) in [7, 11) is 6.27. The summed E-state index contributed by atoms with van der Waals surface area (Å²) in [6.45, 7) is 2.12. The van der Waals surface area contributed by atoms with Crippen LogP contribution in [0.4, 0.5) is 10.2 Å². The van der Waals surface area contributed by atoms with Crippen molar-refractivity contribution in [3.8, 4) is 22.9 Å². The fourth-order valence-corrected chi connectivity index (χ4v) is 6.39. The molecule has 2 heterocycles. The highest BCUT2D eigenvalue weighted by Gasteiger charge is 2.39. The number of hydrogen-bond donors (Lipinski definition) is 2. The molecule has 1 aliphatic carbocycles. The number of aromatic hydroxyl groups is 1. The molecule has 0 spiro atoms. The summed E-state index contributed by atoms with van der Waals surface area (Å²) in [5, 5.41) is 16.2. The summed E-state index contributed by atoms with van der Waals surface area (Å²) in [6.07, 6.45) is 5.50. The van der Waals surface area contributed by atoms with Gasteiger partial charge in [0.25, 0.3) is 0 Å². The molecule has 0 bridgehead atoms. The first-order chi connectivity index (χ1) is 19.3. The van der Waals surface area contributed by atoms with E-state index in [2.05, 4.69) is 41.2 Å². The monoisotopic (exact) mass is 563 g/mol. The van der Waals surface area contributed by atoms with Gasteiger partial charge in [0.2, 0.25) is 0 Å². The van der Waals surface area contributed by atoms with Gasteiger partial charge in [-0.05, 0) is 94.3 Å². The van der Waals surface area contributed by atoms with Gasteiger partial charge in [-0.2, -0.15) is 9.97 Å². The zero-order valence-corrected chi connectivity index (χ0v) is 23.9. The number of phenols is 1. The molecular weight excluding hydrogens is 529 g/mol. The minimum atomic E-state index is -0.572. The maximum absolute atomic E-state index is 16.6. The Hall–Kier alpha value is -3.20. The number of phenolic OH excluding ortho intramolecular Hbond substituents is 1. The molecule has 210 valence electrons. The topological polar surface area (TPSA) is 73.8 Å². The van der Waals surface area contributed by atoms with Gasteiger partial charge in [-0.25, -0.2) is 4.39 Å². The highest BCUT2D eigenvalue weighted by atomic mass is 35.5. The summed E-state index contributed by atoms with van der Waals surface area (Å²) in [4.78, 5) is 13.8. The fraction of sp³-hybridized carbons (Fsp3) is 0.419. The minimum Gasteiger partial charge on any atom is -0.508 e. The maximum atomic E-state index is 16.6. The van der Waals surface area contributed by atoms with Crippen molar-refractivity contribution in [2.24, 2.45) is 0 Å². The Morgan fingerprint density at radius 2 is 1.95 bits per heavy atom. The molecule has 40 heavy (non-hydrogen) atoms. The van der Waals surface area contributed by atoms with Crippen molar-refractivity contribution in [2.75, 3.05) is 46.2 Å². The van der Waals surface area contributed by atoms with Gasteiger partial charge in [-0.3, -0.25) is 0 Å². The van der Waals surface area contributed by atoms with Crippen molar-refractivity contribution in [3.63, 3.8) is 0 Å². The van der Waals surface area contributed by atoms with Gasteiger partial charge in [0.15, 0.2) is 5.82 Å². The molecule has 1 aromatic heterocycles. The first-order valence-corrected chi connectivity index (χ1v) is 14.3. The van der Waals surface area contributed by atoms with E-state index in [-0.39, 0.29) is 39.4 Å². The van der Waals surface area contributed by atoms with Gasteiger partial charge in [-0.15, -0.1) is 0 Å². The van der Waals surface area contributed by atoms with Crippen LogP contribution in [0.5, 0.6) is 11.8 Å². The average molecular weight is 564 g/mol. The molecule has 2 aliphatic rings. The molecule has 6 rings (SSSR count). The molecule has 0 unspecified atom stereocenters. The van der Waals surface area contributed by atoms with Crippen LogP contribution in [0, 0.1) is 5.82 Å². The van der Waals surface area contributed by atoms with E-state index in [0.717, 1.165) is 43.0 Å². The van der Waals surface area contributed by atoms with E-state index in [4.69, 9.17) is 21.3 Å². The standard InChI is InChI=1S/C31H35ClFN5O2/c1-37(2)31(11-7-12-31)18-34-29-24-16-25(32)26(23-15-21(39)14-19-8-4-5-10-22(19)23)27(33)28(24)35-30(36-29)40-17-20-9-6-13-38(20)3/h4-5,8,10,14-16,20,39H,6-7,9,11-13,17-18H2,1-3H3,(H,34,35,36)/t20-/m0/s1. The van der Waals surface area contributed by atoms with Crippen molar-refractivity contribution in [2.45, 2.75) is 43.7 Å². The summed E-state index contributed by atoms with van der Waals surface area (Å²) in [5.74, 6) is -0.0352. The predicted octanol–water partition coefficient (Wildman–Crippen LogP) is 6.32. The van der Waals surface area contributed by atoms with Crippen LogP contribution in [-0.4, -0.2) is 77.3 Å². The number of fused-ring (bicyclic) bond motifs is 2. The van der Waals surface area contributed by atoms with Gasteiger partial charge in [0, 0.05) is 29.1 Å². The predicted molar refractivity (Wildman–Crippen MR) is 159 cm³/mol. The van der Waals surface area contributed by atoms with E-state index in [1.54, 1.807) is 18.2 Å². The Morgan fingerprint density at radius 3 is 2.65 bits per heavy atom. The van der Waals surface area contributed by atoms with Crippen LogP contribution in [0.15, 0.2) is 42.5 Å². The lowest BCUT2D eigenvalue weighted by Gasteiger charge is -2.47. The number of likely N-dealkylation sites (tertiary alicyclic amines) is 1. The Bertz CT molecular complexity index is 1580. The molecule has 7 nitrogen and oxygen atoms in total. The number of anilines is 1. The number of ether oxygens (including phenoxy) is 1. The maximum Gasteiger partial charge on any atom is 0.319 e. The van der Waals surface area contributed by atoms with Crippen LogP contribution in [0.25, 0.3) is 32.8 Å². The van der Waals surface area contributed by atoms with Crippen LogP contribution in [0.2, 0.25) is 5.02 Å². The Morgan fingerprint density at radius 1 is 1.15 bits per heavy atom. The molecule has 0 radical (unpaired) electrons. The SMILES string of the molecule is CN1CCC[C@H]1COc1nc(NCC2(N(C)C)CCC2)c2cc(Cl)c(-c3cc(O)cc4ccccc34)c(F)c2n1. The molecular formula is C31H35ClFN5O2. The Kier molecular flexibility index (Phi) is 7.19. The fourth-order valence-electron chi connectivity index (χ4n) is 6.10. The van der Waals surface area contributed by atoms with Gasteiger partial charge in [0.1, 0.15) is 23.7 Å².